The number of aliphatic hydroxyl groups excluding tert-OH is 2. The summed E-state index contributed by atoms with van der Waals surface area (Å²) in [5.41, 5.74) is 2.69. The molecule has 5 nitrogen and oxygen atoms in total. The largest absolute Gasteiger partial charge is 0.396 e. The third-order valence-electron chi connectivity index (χ3n) is 5.69. The van der Waals surface area contributed by atoms with E-state index in [9.17, 15) is 15.0 Å². The number of benzene rings is 1. The van der Waals surface area contributed by atoms with Crippen LogP contribution < -0.4 is 5.32 Å². The molecule has 0 radical (unpaired) electrons. The molecule has 1 aromatic carbocycles. The van der Waals surface area contributed by atoms with Crippen molar-refractivity contribution in [2.24, 2.45) is 5.41 Å². The Labute approximate surface area is 157 Å². The highest BCUT2D eigenvalue weighted by Gasteiger charge is 2.41. The molecule has 0 unspecified atom stereocenters. The van der Waals surface area contributed by atoms with Gasteiger partial charge in [0.05, 0.1) is 19.3 Å². The third kappa shape index (κ3) is 4.64. The second-order valence-corrected chi connectivity index (χ2v) is 8.01. The molecule has 146 valence electrons. The molecule has 26 heavy (non-hydrogen) atoms. The molecule has 5 heteroatoms. The van der Waals surface area contributed by atoms with Gasteiger partial charge in [0.2, 0.25) is 5.91 Å². The third-order valence-corrected chi connectivity index (χ3v) is 5.69. The van der Waals surface area contributed by atoms with E-state index in [1.807, 2.05) is 24.0 Å². The Kier molecular flexibility index (Phi) is 7.21. The molecule has 3 N–H and O–H groups in total. The number of nitrogens with one attached hydrogen (secondary N) is 1. The van der Waals surface area contributed by atoms with Crippen LogP contribution in [0.3, 0.4) is 0 Å². The molecule has 0 spiro atoms. The SMILES string of the molecule is CCC[C@]1(CO)CCN(CC(=O)Nc2c(C)cccc2C(C)C)C[C@H]1O. The molecule has 0 bridgehead atoms. The van der Waals surface area contributed by atoms with Crippen molar-refractivity contribution in [1.82, 2.24) is 4.90 Å². The summed E-state index contributed by atoms with van der Waals surface area (Å²) >= 11 is 0. The lowest BCUT2D eigenvalue weighted by Crippen LogP contribution is -2.54. The molecule has 1 saturated heterocycles. The molecule has 0 aromatic heterocycles. The number of piperidine rings is 1. The van der Waals surface area contributed by atoms with Gasteiger partial charge in [0.1, 0.15) is 0 Å². The Hall–Kier alpha value is -1.43. The molecule has 1 aromatic rings. The monoisotopic (exact) mass is 362 g/mol. The number of rotatable bonds is 7. The second-order valence-electron chi connectivity index (χ2n) is 8.01. The average Bonchev–Trinajstić information content (AvgIpc) is 2.59. The lowest BCUT2D eigenvalue weighted by atomic mass is 9.73. The van der Waals surface area contributed by atoms with Crippen LogP contribution in [0.4, 0.5) is 5.69 Å². The number of hydrogen-bond acceptors (Lipinski definition) is 4. The number of anilines is 1. The quantitative estimate of drug-likeness (QED) is 0.697. The summed E-state index contributed by atoms with van der Waals surface area (Å²) in [4.78, 5) is 14.6. The maximum atomic E-state index is 12.6. The number of carbonyl (C=O) groups is 1. The number of aliphatic hydroxyl groups is 2. The van der Waals surface area contributed by atoms with E-state index in [2.05, 4.69) is 32.2 Å². The summed E-state index contributed by atoms with van der Waals surface area (Å²) in [5.74, 6) is 0.279. The van der Waals surface area contributed by atoms with Crippen LogP contribution in [0.25, 0.3) is 0 Å². The minimum atomic E-state index is -0.598. The number of β-amino-alcohol motifs (C(OH)–C–C–N with tert-alkyl or cyclic N) is 1. The lowest BCUT2D eigenvalue weighted by Gasteiger charge is -2.44. The van der Waals surface area contributed by atoms with Gasteiger partial charge in [-0.05, 0) is 43.4 Å². The van der Waals surface area contributed by atoms with Crippen molar-refractivity contribution in [2.45, 2.75) is 59.0 Å². The molecule has 2 atom stereocenters. The maximum Gasteiger partial charge on any atom is 0.238 e. The van der Waals surface area contributed by atoms with Gasteiger partial charge in [-0.25, -0.2) is 0 Å². The fraction of sp³-hybridized carbons (Fsp3) is 0.667. The van der Waals surface area contributed by atoms with Crippen LogP contribution in [0.1, 0.15) is 57.1 Å². The predicted molar refractivity (Wildman–Crippen MR) is 105 cm³/mol. The average molecular weight is 363 g/mol. The van der Waals surface area contributed by atoms with Gasteiger partial charge in [0, 0.05) is 17.6 Å². The van der Waals surface area contributed by atoms with E-state index in [4.69, 9.17) is 0 Å². The Balaban J connectivity index is 2.00. The lowest BCUT2D eigenvalue weighted by molar-refractivity contribution is -0.121. The summed E-state index contributed by atoms with van der Waals surface area (Å²) in [7, 11) is 0. The van der Waals surface area contributed by atoms with E-state index in [0.717, 1.165) is 36.2 Å². The summed E-state index contributed by atoms with van der Waals surface area (Å²) < 4.78 is 0. The zero-order chi connectivity index (χ0) is 19.3. The van der Waals surface area contributed by atoms with Crippen molar-refractivity contribution in [2.75, 3.05) is 31.6 Å². The van der Waals surface area contributed by atoms with E-state index in [1.54, 1.807) is 0 Å². The Morgan fingerprint density at radius 2 is 2.15 bits per heavy atom. The minimum absolute atomic E-state index is 0.00298. The molecule has 1 heterocycles. The number of likely N-dealkylation sites (tertiary alicyclic amines) is 1. The zero-order valence-corrected chi connectivity index (χ0v) is 16.6. The number of para-hydroxylation sites is 1. The molecule has 0 aliphatic carbocycles. The molecule has 1 aliphatic rings. The van der Waals surface area contributed by atoms with Crippen LogP contribution in [0, 0.1) is 12.3 Å². The number of amides is 1. The molecular formula is C21H34N2O3. The van der Waals surface area contributed by atoms with Gasteiger partial charge in [-0.2, -0.15) is 0 Å². The molecular weight excluding hydrogens is 328 g/mol. The van der Waals surface area contributed by atoms with Crippen LogP contribution >= 0.6 is 0 Å². The number of carbonyl (C=O) groups excluding carboxylic acids is 1. The smallest absolute Gasteiger partial charge is 0.238 e. The van der Waals surface area contributed by atoms with Crippen molar-refractivity contribution in [3.8, 4) is 0 Å². The fourth-order valence-corrected chi connectivity index (χ4v) is 4.00. The van der Waals surface area contributed by atoms with Crippen molar-refractivity contribution in [3.63, 3.8) is 0 Å². The summed E-state index contributed by atoms with van der Waals surface area (Å²) in [6, 6.07) is 6.08. The van der Waals surface area contributed by atoms with E-state index in [-0.39, 0.29) is 19.1 Å². The maximum absolute atomic E-state index is 12.6. The topological polar surface area (TPSA) is 72.8 Å². The molecule has 1 aliphatic heterocycles. The highest BCUT2D eigenvalue weighted by atomic mass is 16.3. The zero-order valence-electron chi connectivity index (χ0n) is 16.6. The Morgan fingerprint density at radius 1 is 1.42 bits per heavy atom. The van der Waals surface area contributed by atoms with E-state index in [1.165, 1.54) is 0 Å². The van der Waals surface area contributed by atoms with Crippen LogP contribution in [-0.4, -0.2) is 53.4 Å². The number of nitrogens with zero attached hydrogens (tertiary/aromatic N) is 1. The van der Waals surface area contributed by atoms with Crippen molar-refractivity contribution in [3.05, 3.63) is 29.3 Å². The molecule has 1 fully saturated rings. The van der Waals surface area contributed by atoms with Crippen LogP contribution in [0.5, 0.6) is 0 Å². The first-order valence-corrected chi connectivity index (χ1v) is 9.73. The summed E-state index contributed by atoms with van der Waals surface area (Å²) in [6.45, 7) is 9.72. The van der Waals surface area contributed by atoms with E-state index >= 15 is 0 Å². The summed E-state index contributed by atoms with van der Waals surface area (Å²) in [5, 5.41) is 23.4. The number of aryl methyl sites for hydroxylation is 1. The molecule has 1 amide bonds. The first kappa shape index (κ1) is 20.9. The standard InChI is InChI=1S/C21H34N2O3/c1-5-9-21(14-24)10-11-23(12-18(21)25)13-19(26)22-20-16(4)7-6-8-17(20)15(2)3/h6-8,15,18,24-25H,5,9-14H2,1-4H3,(H,22,26)/t18-,21-/m1/s1. The number of hydrogen-bond donors (Lipinski definition) is 3. The van der Waals surface area contributed by atoms with Gasteiger partial charge in [-0.3, -0.25) is 9.69 Å². The van der Waals surface area contributed by atoms with Crippen molar-refractivity contribution >= 4 is 11.6 Å². The highest BCUT2D eigenvalue weighted by Crippen LogP contribution is 2.36. The highest BCUT2D eigenvalue weighted by molar-refractivity contribution is 5.94. The normalized spacial score (nSPS) is 24.0. The van der Waals surface area contributed by atoms with Gasteiger partial charge in [-0.15, -0.1) is 0 Å². The van der Waals surface area contributed by atoms with E-state index in [0.29, 0.717) is 18.9 Å². The fourth-order valence-electron chi connectivity index (χ4n) is 4.00. The second kappa shape index (κ2) is 8.98. The minimum Gasteiger partial charge on any atom is -0.396 e. The van der Waals surface area contributed by atoms with Crippen molar-refractivity contribution in [1.29, 1.82) is 0 Å². The first-order valence-electron chi connectivity index (χ1n) is 9.73. The van der Waals surface area contributed by atoms with Crippen LogP contribution in [0.2, 0.25) is 0 Å². The van der Waals surface area contributed by atoms with Gasteiger partial charge in [0.15, 0.2) is 0 Å². The van der Waals surface area contributed by atoms with Crippen LogP contribution in [-0.2, 0) is 4.79 Å². The first-order chi connectivity index (χ1) is 12.3. The Morgan fingerprint density at radius 3 is 2.73 bits per heavy atom. The van der Waals surface area contributed by atoms with Gasteiger partial charge < -0.3 is 15.5 Å². The van der Waals surface area contributed by atoms with Crippen LogP contribution in [0.15, 0.2) is 18.2 Å². The van der Waals surface area contributed by atoms with E-state index < -0.39 is 11.5 Å². The molecule has 2 rings (SSSR count). The van der Waals surface area contributed by atoms with Crippen molar-refractivity contribution < 1.29 is 15.0 Å². The molecule has 0 saturated carbocycles. The Bertz CT molecular complexity index is 617. The summed E-state index contributed by atoms with van der Waals surface area (Å²) in [6.07, 6.45) is 1.86. The van der Waals surface area contributed by atoms with Gasteiger partial charge in [0.25, 0.3) is 0 Å². The van der Waals surface area contributed by atoms with Gasteiger partial charge >= 0.3 is 0 Å². The van der Waals surface area contributed by atoms with Gasteiger partial charge in [-0.1, -0.05) is 45.4 Å². The predicted octanol–water partition coefficient (Wildman–Crippen LogP) is 2.90.